The molecule has 0 aliphatic heterocycles. The number of pyridine rings is 1. The van der Waals surface area contributed by atoms with E-state index >= 15 is 0 Å². The topological polar surface area (TPSA) is 82.7 Å². The SMILES string of the molecule is COc1cc(-c2cnc3cc(-c4cnn(C)c4)ccn23)cc(OC)c1C(=O)NC(C)C. The zero-order valence-corrected chi connectivity index (χ0v) is 18.2. The summed E-state index contributed by atoms with van der Waals surface area (Å²) in [4.78, 5) is 17.3. The van der Waals surface area contributed by atoms with Crippen LogP contribution in [0.3, 0.4) is 0 Å². The number of carbonyl (C=O) groups excluding carboxylic acids is 1. The Morgan fingerprint density at radius 1 is 1.03 bits per heavy atom. The summed E-state index contributed by atoms with van der Waals surface area (Å²) in [6, 6.07) is 7.69. The van der Waals surface area contributed by atoms with Crippen LogP contribution < -0.4 is 14.8 Å². The minimum atomic E-state index is -0.241. The fourth-order valence-electron chi connectivity index (χ4n) is 3.56. The van der Waals surface area contributed by atoms with Gasteiger partial charge in [0.15, 0.2) is 0 Å². The van der Waals surface area contributed by atoms with Gasteiger partial charge in [0, 0.05) is 36.6 Å². The highest BCUT2D eigenvalue weighted by Crippen LogP contribution is 2.35. The van der Waals surface area contributed by atoms with E-state index in [0.717, 1.165) is 28.0 Å². The first kappa shape index (κ1) is 20.5. The third-order valence-corrected chi connectivity index (χ3v) is 5.00. The molecule has 0 spiro atoms. The molecule has 4 rings (SSSR count). The van der Waals surface area contributed by atoms with Crippen molar-refractivity contribution in [3.63, 3.8) is 0 Å². The number of imidazole rings is 1. The van der Waals surface area contributed by atoms with Crippen molar-refractivity contribution in [1.82, 2.24) is 24.5 Å². The fourth-order valence-corrected chi connectivity index (χ4v) is 3.56. The molecule has 1 amide bonds. The number of aromatic nitrogens is 4. The van der Waals surface area contributed by atoms with Crippen LogP contribution in [0.5, 0.6) is 11.5 Å². The molecule has 31 heavy (non-hydrogen) atoms. The van der Waals surface area contributed by atoms with E-state index in [2.05, 4.69) is 15.4 Å². The second-order valence-electron chi connectivity index (χ2n) is 7.57. The van der Waals surface area contributed by atoms with Gasteiger partial charge in [0.25, 0.3) is 5.91 Å². The summed E-state index contributed by atoms with van der Waals surface area (Å²) < 4.78 is 14.8. The Morgan fingerprint density at radius 3 is 2.32 bits per heavy atom. The van der Waals surface area contributed by atoms with Crippen LogP contribution in [0.25, 0.3) is 28.0 Å². The van der Waals surface area contributed by atoms with Crippen molar-refractivity contribution in [1.29, 1.82) is 0 Å². The van der Waals surface area contributed by atoms with Crippen molar-refractivity contribution >= 4 is 11.6 Å². The summed E-state index contributed by atoms with van der Waals surface area (Å²) in [6.45, 7) is 3.81. The van der Waals surface area contributed by atoms with Gasteiger partial charge in [-0.05, 0) is 43.7 Å². The lowest BCUT2D eigenvalue weighted by atomic mass is 10.1. The maximum absolute atomic E-state index is 12.7. The number of rotatable bonds is 6. The molecule has 0 saturated heterocycles. The van der Waals surface area contributed by atoms with Crippen LogP contribution in [0.4, 0.5) is 0 Å². The molecule has 1 N–H and O–H groups in total. The standard InChI is InChI=1S/C23H25N5O3/c1-14(2)26-23(29)22-19(30-4)8-16(9-20(22)31-5)18-12-24-21-10-15(6-7-28(18)21)17-11-25-27(3)13-17/h6-14H,1-5H3,(H,26,29). The zero-order chi connectivity index (χ0) is 22.1. The van der Waals surface area contributed by atoms with Gasteiger partial charge in [-0.2, -0.15) is 5.10 Å². The number of nitrogens with zero attached hydrogens (tertiary/aromatic N) is 4. The summed E-state index contributed by atoms with van der Waals surface area (Å²) in [5.74, 6) is 0.637. The van der Waals surface area contributed by atoms with E-state index < -0.39 is 0 Å². The summed E-state index contributed by atoms with van der Waals surface area (Å²) in [6.07, 6.45) is 7.56. The molecule has 0 bridgehead atoms. The molecule has 8 nitrogen and oxygen atoms in total. The Hall–Kier alpha value is -3.81. The van der Waals surface area contributed by atoms with Crippen molar-refractivity contribution in [3.05, 3.63) is 54.6 Å². The third kappa shape index (κ3) is 3.84. The largest absolute Gasteiger partial charge is 0.496 e. The predicted octanol–water partition coefficient (Wildman–Crippen LogP) is 3.56. The number of carbonyl (C=O) groups is 1. The molecule has 160 valence electrons. The molecule has 1 aromatic carbocycles. The van der Waals surface area contributed by atoms with Gasteiger partial charge in [0.05, 0.1) is 32.3 Å². The minimum absolute atomic E-state index is 0.00521. The number of hydrogen-bond acceptors (Lipinski definition) is 5. The molecule has 3 aromatic heterocycles. The average Bonchev–Trinajstić information content (AvgIpc) is 3.37. The van der Waals surface area contributed by atoms with Crippen LogP contribution in [0, 0.1) is 0 Å². The molecule has 0 unspecified atom stereocenters. The van der Waals surface area contributed by atoms with Gasteiger partial charge >= 0.3 is 0 Å². The first-order valence-electron chi connectivity index (χ1n) is 9.94. The van der Waals surface area contributed by atoms with Gasteiger partial charge in [0.2, 0.25) is 0 Å². The second-order valence-corrected chi connectivity index (χ2v) is 7.57. The van der Waals surface area contributed by atoms with E-state index in [1.54, 1.807) is 25.1 Å². The van der Waals surface area contributed by atoms with E-state index in [0.29, 0.717) is 17.1 Å². The molecular weight excluding hydrogens is 394 g/mol. The quantitative estimate of drug-likeness (QED) is 0.517. The molecule has 0 saturated carbocycles. The molecule has 0 aliphatic rings. The van der Waals surface area contributed by atoms with Crippen molar-refractivity contribution in [2.75, 3.05) is 14.2 Å². The molecule has 8 heteroatoms. The lowest BCUT2D eigenvalue weighted by Gasteiger charge is -2.16. The van der Waals surface area contributed by atoms with E-state index in [4.69, 9.17) is 9.47 Å². The average molecular weight is 419 g/mol. The number of benzene rings is 1. The fraction of sp³-hybridized carbons (Fsp3) is 0.261. The highest BCUT2D eigenvalue weighted by molar-refractivity contribution is 6.00. The molecule has 4 aromatic rings. The summed E-state index contributed by atoms with van der Waals surface area (Å²) in [7, 11) is 4.97. The maximum Gasteiger partial charge on any atom is 0.259 e. The minimum Gasteiger partial charge on any atom is -0.496 e. The Labute approximate surface area is 180 Å². The van der Waals surface area contributed by atoms with Crippen molar-refractivity contribution in [3.8, 4) is 33.9 Å². The van der Waals surface area contributed by atoms with Gasteiger partial charge in [-0.3, -0.25) is 13.9 Å². The summed E-state index contributed by atoms with van der Waals surface area (Å²) >= 11 is 0. The van der Waals surface area contributed by atoms with Gasteiger partial charge in [-0.1, -0.05) is 0 Å². The molecular formula is C23H25N5O3. The smallest absolute Gasteiger partial charge is 0.259 e. The van der Waals surface area contributed by atoms with Crippen molar-refractivity contribution in [2.45, 2.75) is 19.9 Å². The predicted molar refractivity (Wildman–Crippen MR) is 119 cm³/mol. The second kappa shape index (κ2) is 8.14. The van der Waals surface area contributed by atoms with Gasteiger partial charge in [0.1, 0.15) is 22.7 Å². The van der Waals surface area contributed by atoms with Gasteiger partial charge in [-0.25, -0.2) is 4.98 Å². The van der Waals surface area contributed by atoms with Gasteiger partial charge in [-0.15, -0.1) is 0 Å². The summed E-state index contributed by atoms with van der Waals surface area (Å²) in [5.41, 5.74) is 4.93. The number of fused-ring (bicyclic) bond motifs is 1. The molecule has 0 radical (unpaired) electrons. The van der Waals surface area contributed by atoms with Gasteiger partial charge < -0.3 is 14.8 Å². The van der Waals surface area contributed by atoms with Crippen LogP contribution in [0.2, 0.25) is 0 Å². The first-order valence-corrected chi connectivity index (χ1v) is 9.94. The third-order valence-electron chi connectivity index (χ3n) is 5.00. The van der Waals surface area contributed by atoms with E-state index in [1.165, 1.54) is 0 Å². The Kier molecular flexibility index (Phi) is 5.37. The molecule has 0 fully saturated rings. The maximum atomic E-state index is 12.7. The Morgan fingerprint density at radius 2 is 1.74 bits per heavy atom. The number of methoxy groups -OCH3 is 2. The summed E-state index contributed by atoms with van der Waals surface area (Å²) in [5, 5.41) is 7.13. The highest BCUT2D eigenvalue weighted by atomic mass is 16.5. The van der Waals surface area contributed by atoms with Crippen LogP contribution in [-0.4, -0.2) is 45.3 Å². The molecule has 3 heterocycles. The van der Waals surface area contributed by atoms with E-state index in [1.807, 2.05) is 68.2 Å². The van der Waals surface area contributed by atoms with E-state index in [-0.39, 0.29) is 11.9 Å². The Balaban J connectivity index is 1.79. The lowest BCUT2D eigenvalue weighted by molar-refractivity contribution is 0.0937. The van der Waals surface area contributed by atoms with Crippen molar-refractivity contribution in [2.24, 2.45) is 7.05 Å². The number of nitrogens with one attached hydrogen (secondary N) is 1. The number of amides is 1. The number of ether oxygens (including phenoxy) is 2. The zero-order valence-electron chi connectivity index (χ0n) is 18.2. The number of hydrogen-bond donors (Lipinski definition) is 1. The van der Waals surface area contributed by atoms with E-state index in [9.17, 15) is 4.79 Å². The highest BCUT2D eigenvalue weighted by Gasteiger charge is 2.22. The van der Waals surface area contributed by atoms with Crippen LogP contribution in [0.1, 0.15) is 24.2 Å². The normalized spacial score (nSPS) is 11.2. The van der Waals surface area contributed by atoms with Crippen LogP contribution in [0.15, 0.2) is 49.1 Å². The van der Waals surface area contributed by atoms with Crippen LogP contribution in [-0.2, 0) is 7.05 Å². The molecule has 0 aliphatic carbocycles. The van der Waals surface area contributed by atoms with Crippen molar-refractivity contribution < 1.29 is 14.3 Å². The molecule has 0 atom stereocenters. The lowest BCUT2D eigenvalue weighted by Crippen LogP contribution is -2.30. The van der Waals surface area contributed by atoms with Crippen LogP contribution >= 0.6 is 0 Å². The monoisotopic (exact) mass is 419 g/mol. The number of aryl methyl sites for hydroxylation is 1. The first-order chi connectivity index (χ1) is 14.9. The Bertz CT molecular complexity index is 1230.